The lowest BCUT2D eigenvalue weighted by Gasteiger charge is -2.19. The molecule has 0 aliphatic rings. The third kappa shape index (κ3) is 4.32. The summed E-state index contributed by atoms with van der Waals surface area (Å²) in [5.41, 5.74) is 0.517. The van der Waals surface area contributed by atoms with Crippen molar-refractivity contribution < 1.29 is 19.0 Å². The summed E-state index contributed by atoms with van der Waals surface area (Å²) >= 11 is 6.08. The maximum absolute atomic E-state index is 12.6. The third-order valence-electron chi connectivity index (χ3n) is 3.43. The van der Waals surface area contributed by atoms with Gasteiger partial charge in [0.1, 0.15) is 17.2 Å². The van der Waals surface area contributed by atoms with Crippen molar-refractivity contribution in [3.8, 4) is 17.2 Å². The maximum atomic E-state index is 12.6. The fourth-order valence-electron chi connectivity index (χ4n) is 2.14. The van der Waals surface area contributed by atoms with Gasteiger partial charge < -0.3 is 19.5 Å². The highest BCUT2D eigenvalue weighted by Crippen LogP contribution is 2.30. The molecule has 1 atom stereocenters. The minimum atomic E-state index is -0.680. The Kier molecular flexibility index (Phi) is 6.32. The first kappa shape index (κ1) is 17.9. The van der Waals surface area contributed by atoms with Crippen LogP contribution >= 0.6 is 11.6 Å². The SMILES string of the molecule is CC[C@@H](Oc1ccccc1Cl)C(=O)Nc1cc(OC)ccc1OC. The zero-order chi connectivity index (χ0) is 17.5. The van der Waals surface area contributed by atoms with Gasteiger partial charge in [0, 0.05) is 6.07 Å². The first-order chi connectivity index (χ1) is 11.6. The minimum absolute atomic E-state index is 0.288. The topological polar surface area (TPSA) is 56.8 Å². The molecule has 0 unspecified atom stereocenters. The molecule has 2 aromatic rings. The molecule has 0 bridgehead atoms. The van der Waals surface area contributed by atoms with Crippen LogP contribution in [0, 0.1) is 0 Å². The Bertz CT molecular complexity index is 705. The Hall–Kier alpha value is -2.40. The molecule has 2 rings (SSSR count). The summed E-state index contributed by atoms with van der Waals surface area (Å²) in [6.07, 6.45) is -0.190. The quantitative estimate of drug-likeness (QED) is 0.815. The summed E-state index contributed by atoms with van der Waals surface area (Å²) in [6.45, 7) is 1.86. The average Bonchev–Trinajstić information content (AvgIpc) is 2.60. The number of benzene rings is 2. The lowest BCUT2D eigenvalue weighted by molar-refractivity contribution is -0.122. The molecule has 0 saturated heterocycles. The standard InChI is InChI=1S/C18H20ClNO4/c1-4-15(24-16-8-6-5-7-13(16)19)18(21)20-14-11-12(22-2)9-10-17(14)23-3/h5-11,15H,4H2,1-3H3,(H,20,21)/t15-/m1/s1. The van der Waals surface area contributed by atoms with Crippen LogP contribution in [0.5, 0.6) is 17.2 Å². The van der Waals surface area contributed by atoms with Gasteiger partial charge in [-0.2, -0.15) is 0 Å². The monoisotopic (exact) mass is 349 g/mol. The summed E-state index contributed by atoms with van der Waals surface area (Å²) in [5.74, 6) is 1.34. The van der Waals surface area contributed by atoms with Crippen molar-refractivity contribution in [2.24, 2.45) is 0 Å². The molecule has 0 radical (unpaired) electrons. The summed E-state index contributed by atoms with van der Waals surface area (Å²) in [7, 11) is 3.10. The smallest absolute Gasteiger partial charge is 0.265 e. The number of carbonyl (C=O) groups is 1. The number of methoxy groups -OCH3 is 2. The fraction of sp³-hybridized carbons (Fsp3) is 0.278. The Labute approximate surface area is 146 Å². The van der Waals surface area contributed by atoms with Gasteiger partial charge in [0.2, 0.25) is 0 Å². The summed E-state index contributed by atoms with van der Waals surface area (Å²) in [5, 5.41) is 3.28. The highest BCUT2D eigenvalue weighted by molar-refractivity contribution is 6.32. The molecular formula is C18H20ClNO4. The highest BCUT2D eigenvalue weighted by Gasteiger charge is 2.21. The molecule has 1 amide bonds. The molecule has 0 aromatic heterocycles. The number of amides is 1. The van der Waals surface area contributed by atoms with Crippen LogP contribution in [-0.4, -0.2) is 26.2 Å². The van der Waals surface area contributed by atoms with Gasteiger partial charge in [0.15, 0.2) is 6.10 Å². The molecule has 0 heterocycles. The number of para-hydroxylation sites is 1. The summed E-state index contributed by atoms with van der Waals surface area (Å²) in [4.78, 5) is 12.6. The number of halogens is 1. The minimum Gasteiger partial charge on any atom is -0.497 e. The van der Waals surface area contributed by atoms with E-state index in [0.29, 0.717) is 34.4 Å². The third-order valence-corrected chi connectivity index (χ3v) is 3.75. The molecule has 128 valence electrons. The number of anilines is 1. The van der Waals surface area contributed by atoms with Crippen LogP contribution in [0.15, 0.2) is 42.5 Å². The van der Waals surface area contributed by atoms with E-state index in [0.717, 1.165) is 0 Å². The largest absolute Gasteiger partial charge is 0.497 e. The second-order valence-electron chi connectivity index (χ2n) is 5.00. The van der Waals surface area contributed by atoms with Crippen molar-refractivity contribution in [3.63, 3.8) is 0 Å². The van der Waals surface area contributed by atoms with Crippen LogP contribution in [0.4, 0.5) is 5.69 Å². The van der Waals surface area contributed by atoms with E-state index in [-0.39, 0.29) is 5.91 Å². The van der Waals surface area contributed by atoms with E-state index in [1.165, 1.54) is 7.11 Å². The molecule has 24 heavy (non-hydrogen) atoms. The Balaban J connectivity index is 2.16. The van der Waals surface area contributed by atoms with Crippen LogP contribution in [0.3, 0.4) is 0 Å². The van der Waals surface area contributed by atoms with Crippen molar-refractivity contribution in [1.82, 2.24) is 0 Å². The average molecular weight is 350 g/mol. The number of nitrogens with one attached hydrogen (secondary N) is 1. The Morgan fingerprint density at radius 3 is 2.50 bits per heavy atom. The van der Waals surface area contributed by atoms with E-state index in [1.54, 1.807) is 49.6 Å². The molecule has 6 heteroatoms. The highest BCUT2D eigenvalue weighted by atomic mass is 35.5. The second kappa shape index (κ2) is 8.45. The van der Waals surface area contributed by atoms with Crippen molar-refractivity contribution in [3.05, 3.63) is 47.5 Å². The van der Waals surface area contributed by atoms with E-state index in [4.69, 9.17) is 25.8 Å². The Morgan fingerprint density at radius 1 is 1.12 bits per heavy atom. The van der Waals surface area contributed by atoms with Gasteiger partial charge in [-0.05, 0) is 30.7 Å². The fourth-order valence-corrected chi connectivity index (χ4v) is 2.32. The van der Waals surface area contributed by atoms with Gasteiger partial charge in [-0.25, -0.2) is 0 Å². The lowest BCUT2D eigenvalue weighted by atomic mass is 10.2. The van der Waals surface area contributed by atoms with E-state index in [1.807, 2.05) is 6.92 Å². The first-order valence-corrected chi connectivity index (χ1v) is 7.91. The van der Waals surface area contributed by atoms with Gasteiger partial charge in [0.25, 0.3) is 5.91 Å². The molecule has 2 aromatic carbocycles. The number of hydrogen-bond donors (Lipinski definition) is 1. The molecule has 1 N–H and O–H groups in total. The predicted octanol–water partition coefficient (Wildman–Crippen LogP) is 4.15. The molecule has 0 spiro atoms. The molecule has 0 fully saturated rings. The number of carbonyl (C=O) groups excluding carboxylic acids is 1. The molecule has 0 aliphatic carbocycles. The second-order valence-corrected chi connectivity index (χ2v) is 5.41. The van der Waals surface area contributed by atoms with E-state index in [9.17, 15) is 4.79 Å². The lowest BCUT2D eigenvalue weighted by Crippen LogP contribution is -2.32. The summed E-state index contributed by atoms with van der Waals surface area (Å²) < 4.78 is 16.2. The number of ether oxygens (including phenoxy) is 3. The normalized spacial score (nSPS) is 11.5. The van der Waals surface area contributed by atoms with Crippen molar-refractivity contribution >= 4 is 23.2 Å². The van der Waals surface area contributed by atoms with Crippen molar-refractivity contribution in [1.29, 1.82) is 0 Å². The van der Waals surface area contributed by atoms with Crippen LogP contribution in [-0.2, 0) is 4.79 Å². The van der Waals surface area contributed by atoms with Crippen LogP contribution < -0.4 is 19.5 Å². The van der Waals surface area contributed by atoms with Crippen LogP contribution in [0.2, 0.25) is 5.02 Å². The van der Waals surface area contributed by atoms with Gasteiger partial charge in [-0.1, -0.05) is 30.7 Å². The van der Waals surface area contributed by atoms with Crippen LogP contribution in [0.1, 0.15) is 13.3 Å². The molecule has 0 aliphatic heterocycles. The summed E-state index contributed by atoms with van der Waals surface area (Å²) in [6, 6.07) is 12.2. The van der Waals surface area contributed by atoms with E-state index < -0.39 is 6.10 Å². The zero-order valence-corrected chi connectivity index (χ0v) is 14.6. The van der Waals surface area contributed by atoms with E-state index >= 15 is 0 Å². The molecule has 5 nitrogen and oxygen atoms in total. The van der Waals surface area contributed by atoms with E-state index in [2.05, 4.69) is 5.32 Å². The number of rotatable bonds is 7. The zero-order valence-electron chi connectivity index (χ0n) is 13.8. The predicted molar refractivity (Wildman–Crippen MR) is 94.3 cm³/mol. The van der Waals surface area contributed by atoms with Gasteiger partial charge >= 0.3 is 0 Å². The van der Waals surface area contributed by atoms with Crippen LogP contribution in [0.25, 0.3) is 0 Å². The van der Waals surface area contributed by atoms with Crippen molar-refractivity contribution in [2.75, 3.05) is 19.5 Å². The molecule has 0 saturated carbocycles. The maximum Gasteiger partial charge on any atom is 0.265 e. The first-order valence-electron chi connectivity index (χ1n) is 7.53. The van der Waals surface area contributed by atoms with Gasteiger partial charge in [-0.15, -0.1) is 0 Å². The van der Waals surface area contributed by atoms with Gasteiger partial charge in [0.05, 0.1) is 24.9 Å². The van der Waals surface area contributed by atoms with Crippen molar-refractivity contribution in [2.45, 2.75) is 19.4 Å². The number of hydrogen-bond acceptors (Lipinski definition) is 4. The Morgan fingerprint density at radius 2 is 1.88 bits per heavy atom. The molecular weight excluding hydrogens is 330 g/mol. The van der Waals surface area contributed by atoms with Gasteiger partial charge in [-0.3, -0.25) is 4.79 Å².